The molecule has 3 unspecified atom stereocenters. The van der Waals surface area contributed by atoms with Crippen molar-refractivity contribution < 1.29 is 54.4 Å². The van der Waals surface area contributed by atoms with Crippen molar-refractivity contribution >= 4 is 11.9 Å². The zero-order valence-electron chi connectivity index (χ0n) is 16.0. The molecule has 0 spiro atoms. The number of esters is 2. The minimum Gasteiger partial charge on any atom is -0.508 e. The molecule has 2 aromatic rings. The van der Waals surface area contributed by atoms with Crippen molar-refractivity contribution in [2.45, 2.75) is 24.7 Å². The molecule has 3 rings (SSSR count). The van der Waals surface area contributed by atoms with Gasteiger partial charge in [0.1, 0.15) is 30.3 Å². The summed E-state index contributed by atoms with van der Waals surface area (Å²) in [6.07, 6.45) is -2.91. The highest BCUT2D eigenvalue weighted by molar-refractivity contribution is 5.91. The zero-order valence-corrected chi connectivity index (χ0v) is 16.0. The Kier molecular flexibility index (Phi) is 6.37. The third-order valence-corrected chi connectivity index (χ3v) is 4.50. The molecule has 6 N–H and O–H groups in total. The lowest BCUT2D eigenvalue weighted by Gasteiger charge is -2.33. The smallest absolute Gasteiger partial charge is 0.338 e. The first-order valence-corrected chi connectivity index (χ1v) is 9.09. The average Bonchev–Trinajstić information content (AvgIpc) is 2.70. The largest absolute Gasteiger partial charge is 0.508 e. The molecule has 0 saturated carbocycles. The first-order valence-electron chi connectivity index (χ1n) is 9.09. The fourth-order valence-electron chi connectivity index (χ4n) is 2.99. The number of aliphatic hydroxyl groups excluding tert-OH is 1. The molecule has 0 aliphatic carbocycles. The topological polar surface area (TPSA) is 183 Å². The van der Waals surface area contributed by atoms with Crippen LogP contribution in [-0.4, -0.2) is 74.1 Å². The number of aromatic hydroxyl groups is 5. The Labute approximate surface area is 175 Å². The molecule has 3 atom stereocenters. The van der Waals surface area contributed by atoms with Crippen molar-refractivity contribution in [1.82, 2.24) is 0 Å². The molecule has 11 heteroatoms. The van der Waals surface area contributed by atoms with Gasteiger partial charge in [-0.3, -0.25) is 0 Å². The number of hydrogen-bond donors (Lipinski definition) is 6. The summed E-state index contributed by atoms with van der Waals surface area (Å²) in [5, 5.41) is 57.2. The fourth-order valence-corrected chi connectivity index (χ4v) is 2.99. The quantitative estimate of drug-likeness (QED) is 0.287. The van der Waals surface area contributed by atoms with Crippen LogP contribution in [0.25, 0.3) is 0 Å². The molecule has 0 bridgehead atoms. The SMILES string of the molecule is O=C(OCC1OCC(O)CC1OC(=O)c1cc(O)cc(O)c1)c1cc(O)c(O)c(O)c1. The van der Waals surface area contributed by atoms with Gasteiger partial charge in [0, 0.05) is 12.5 Å². The molecule has 11 nitrogen and oxygen atoms in total. The number of phenolic OH excluding ortho intramolecular Hbond substituents is 5. The van der Waals surface area contributed by atoms with Crippen LogP contribution in [0.3, 0.4) is 0 Å². The number of rotatable bonds is 5. The molecule has 2 aromatic carbocycles. The summed E-state index contributed by atoms with van der Waals surface area (Å²) >= 11 is 0. The summed E-state index contributed by atoms with van der Waals surface area (Å²) in [6, 6.07) is 5.00. The summed E-state index contributed by atoms with van der Waals surface area (Å²) in [6.45, 7) is -0.485. The summed E-state index contributed by atoms with van der Waals surface area (Å²) in [5.41, 5.74) is -0.379. The Morgan fingerprint density at radius 3 is 2.10 bits per heavy atom. The molecular weight excluding hydrogens is 416 g/mol. The minimum atomic E-state index is -1.02. The average molecular weight is 436 g/mol. The van der Waals surface area contributed by atoms with Gasteiger partial charge in [-0.1, -0.05) is 0 Å². The lowest BCUT2D eigenvalue weighted by Crippen LogP contribution is -2.46. The van der Waals surface area contributed by atoms with Crippen LogP contribution in [0.1, 0.15) is 27.1 Å². The monoisotopic (exact) mass is 436 g/mol. The number of ether oxygens (including phenoxy) is 3. The van der Waals surface area contributed by atoms with E-state index in [4.69, 9.17) is 14.2 Å². The van der Waals surface area contributed by atoms with E-state index < -0.39 is 54.1 Å². The summed E-state index contributed by atoms with van der Waals surface area (Å²) in [5.74, 6) is -4.78. The predicted octanol–water partition coefficient (Wildman–Crippen LogP) is 0.747. The number of hydrogen-bond acceptors (Lipinski definition) is 11. The Bertz CT molecular complexity index is 944. The molecule has 1 heterocycles. The molecule has 1 aliphatic heterocycles. The second-order valence-electron chi connectivity index (χ2n) is 6.90. The highest BCUT2D eigenvalue weighted by atomic mass is 16.6. The molecule has 1 saturated heterocycles. The van der Waals surface area contributed by atoms with Gasteiger partial charge in [-0.15, -0.1) is 0 Å². The maximum absolute atomic E-state index is 12.4. The third kappa shape index (κ3) is 5.27. The van der Waals surface area contributed by atoms with Crippen LogP contribution < -0.4 is 0 Å². The number of phenols is 5. The Hall–Kier alpha value is -3.70. The summed E-state index contributed by atoms with van der Waals surface area (Å²) in [4.78, 5) is 24.6. The molecule has 0 amide bonds. The van der Waals surface area contributed by atoms with Crippen LogP contribution in [0, 0.1) is 0 Å². The summed E-state index contributed by atoms with van der Waals surface area (Å²) in [7, 11) is 0. The number of carbonyl (C=O) groups is 2. The van der Waals surface area contributed by atoms with Crippen LogP contribution in [-0.2, 0) is 14.2 Å². The van der Waals surface area contributed by atoms with Crippen LogP contribution in [0.5, 0.6) is 28.7 Å². The molecule has 31 heavy (non-hydrogen) atoms. The minimum absolute atomic E-state index is 0.0143. The van der Waals surface area contributed by atoms with Crippen molar-refractivity contribution in [3.8, 4) is 28.7 Å². The lowest BCUT2D eigenvalue weighted by atomic mass is 10.0. The van der Waals surface area contributed by atoms with Gasteiger partial charge in [0.25, 0.3) is 0 Å². The van der Waals surface area contributed by atoms with Gasteiger partial charge in [0.15, 0.2) is 17.2 Å². The first kappa shape index (κ1) is 22.0. The van der Waals surface area contributed by atoms with Crippen LogP contribution >= 0.6 is 0 Å². The van der Waals surface area contributed by atoms with E-state index in [9.17, 15) is 40.2 Å². The van der Waals surface area contributed by atoms with Gasteiger partial charge >= 0.3 is 11.9 Å². The van der Waals surface area contributed by atoms with E-state index >= 15 is 0 Å². The van der Waals surface area contributed by atoms with Crippen molar-refractivity contribution in [3.63, 3.8) is 0 Å². The highest BCUT2D eigenvalue weighted by Gasteiger charge is 2.35. The predicted molar refractivity (Wildman–Crippen MR) is 101 cm³/mol. The molecular formula is C20H20O11. The second kappa shape index (κ2) is 8.98. The van der Waals surface area contributed by atoms with Crippen LogP contribution in [0.4, 0.5) is 0 Å². The van der Waals surface area contributed by atoms with Crippen molar-refractivity contribution in [2.24, 2.45) is 0 Å². The van der Waals surface area contributed by atoms with Gasteiger partial charge in [-0.05, 0) is 24.3 Å². The van der Waals surface area contributed by atoms with Crippen molar-refractivity contribution in [2.75, 3.05) is 13.2 Å². The van der Waals surface area contributed by atoms with Gasteiger partial charge in [-0.2, -0.15) is 0 Å². The normalized spacial score (nSPS) is 20.7. The fraction of sp³-hybridized carbons (Fsp3) is 0.300. The first-order chi connectivity index (χ1) is 14.6. The van der Waals surface area contributed by atoms with E-state index in [1.807, 2.05) is 0 Å². The number of aliphatic hydroxyl groups is 1. The van der Waals surface area contributed by atoms with Crippen LogP contribution in [0.2, 0.25) is 0 Å². The van der Waals surface area contributed by atoms with E-state index in [1.165, 1.54) is 0 Å². The Balaban J connectivity index is 1.67. The van der Waals surface area contributed by atoms with E-state index in [0.29, 0.717) is 0 Å². The van der Waals surface area contributed by atoms with E-state index in [2.05, 4.69) is 0 Å². The number of carbonyl (C=O) groups excluding carboxylic acids is 2. The van der Waals surface area contributed by atoms with Gasteiger partial charge < -0.3 is 44.8 Å². The van der Waals surface area contributed by atoms with E-state index in [1.54, 1.807) is 0 Å². The highest BCUT2D eigenvalue weighted by Crippen LogP contribution is 2.35. The maximum Gasteiger partial charge on any atom is 0.338 e. The standard InChI is InChI=1S/C20H20O11/c21-11-1-9(2-12(22)5-11)20(28)31-16-6-13(23)7-29-17(16)8-30-19(27)10-3-14(24)18(26)15(25)4-10/h1-5,13,16-17,21-26H,6-8H2. The summed E-state index contributed by atoms with van der Waals surface area (Å²) < 4.78 is 15.8. The molecule has 1 aliphatic rings. The second-order valence-corrected chi connectivity index (χ2v) is 6.90. The van der Waals surface area contributed by atoms with Crippen molar-refractivity contribution in [3.05, 3.63) is 41.5 Å². The van der Waals surface area contributed by atoms with E-state index in [-0.39, 0.29) is 35.7 Å². The Morgan fingerprint density at radius 1 is 0.903 bits per heavy atom. The Morgan fingerprint density at radius 2 is 1.48 bits per heavy atom. The van der Waals surface area contributed by atoms with E-state index in [0.717, 1.165) is 30.3 Å². The van der Waals surface area contributed by atoms with Gasteiger partial charge in [0.05, 0.1) is 23.8 Å². The molecule has 0 aromatic heterocycles. The lowest BCUT2D eigenvalue weighted by molar-refractivity contribution is -0.140. The van der Waals surface area contributed by atoms with Crippen molar-refractivity contribution in [1.29, 1.82) is 0 Å². The van der Waals surface area contributed by atoms with Crippen LogP contribution in [0.15, 0.2) is 30.3 Å². The molecule has 166 valence electrons. The zero-order chi connectivity index (χ0) is 22.7. The van der Waals surface area contributed by atoms with Gasteiger partial charge in [0.2, 0.25) is 0 Å². The maximum atomic E-state index is 12.4. The molecule has 0 radical (unpaired) electrons. The van der Waals surface area contributed by atoms with Gasteiger partial charge in [-0.25, -0.2) is 9.59 Å². The third-order valence-electron chi connectivity index (χ3n) is 4.50. The number of benzene rings is 2. The molecule has 1 fully saturated rings.